The van der Waals surface area contributed by atoms with Crippen LogP contribution in [0.3, 0.4) is 0 Å². The third-order valence-corrected chi connectivity index (χ3v) is 5.28. The smallest absolute Gasteiger partial charge is 0.339 e. The Bertz CT molecular complexity index is 1290. The Morgan fingerprint density at radius 1 is 1.06 bits per heavy atom. The zero-order valence-corrected chi connectivity index (χ0v) is 16.8. The lowest BCUT2D eigenvalue weighted by Gasteiger charge is -2.10. The van der Waals surface area contributed by atoms with Crippen molar-refractivity contribution in [3.05, 3.63) is 87.8 Å². The van der Waals surface area contributed by atoms with E-state index in [-0.39, 0.29) is 11.4 Å². The highest BCUT2D eigenvalue weighted by molar-refractivity contribution is 7.13. The molecule has 0 unspecified atom stereocenters. The second kappa shape index (κ2) is 8.72. The van der Waals surface area contributed by atoms with E-state index in [0.29, 0.717) is 22.2 Å². The van der Waals surface area contributed by atoms with Gasteiger partial charge in [-0.1, -0.05) is 30.3 Å². The first-order chi connectivity index (χ1) is 15.0. The Balaban J connectivity index is 1.51. The lowest BCUT2D eigenvalue weighted by Crippen LogP contribution is -2.21. The fourth-order valence-electron chi connectivity index (χ4n) is 3.00. The van der Waals surface area contributed by atoms with Crippen LogP contribution in [0.1, 0.15) is 10.4 Å². The molecule has 0 aliphatic carbocycles. The minimum Gasteiger partial charge on any atom is -0.452 e. The molecule has 8 nitrogen and oxygen atoms in total. The number of hydrogen-bond acceptors (Lipinski definition) is 7. The van der Waals surface area contributed by atoms with Crippen molar-refractivity contribution in [3.63, 3.8) is 0 Å². The minimum atomic E-state index is -0.661. The number of pyridine rings is 1. The molecule has 9 heteroatoms. The summed E-state index contributed by atoms with van der Waals surface area (Å²) >= 11 is 1.50. The Morgan fingerprint density at radius 3 is 2.68 bits per heavy atom. The van der Waals surface area contributed by atoms with Crippen molar-refractivity contribution < 1.29 is 19.2 Å². The molecule has 2 aromatic carbocycles. The standard InChI is InChI=1S/C22H15N3O5S/c26-21(23-14-5-3-6-15(11-14)25(28)29)13-30-22(27)17-12-19(20-9-4-10-31-20)24-18-8-2-1-7-16(17)18/h1-12H,13H2,(H,23,26). The van der Waals surface area contributed by atoms with Gasteiger partial charge in [-0.2, -0.15) is 0 Å². The van der Waals surface area contributed by atoms with Gasteiger partial charge in [-0.05, 0) is 29.6 Å². The molecular weight excluding hydrogens is 418 g/mol. The number of aromatic nitrogens is 1. The fraction of sp³-hybridized carbons (Fsp3) is 0.0455. The predicted octanol–water partition coefficient (Wildman–Crippen LogP) is 4.67. The van der Waals surface area contributed by atoms with Crippen LogP contribution < -0.4 is 5.32 Å². The zero-order valence-electron chi connectivity index (χ0n) is 16.0. The highest BCUT2D eigenvalue weighted by Crippen LogP contribution is 2.28. The normalized spacial score (nSPS) is 10.6. The number of nitro groups is 1. The summed E-state index contributed by atoms with van der Waals surface area (Å²) in [5.41, 5.74) is 1.67. The number of benzene rings is 2. The number of carbonyl (C=O) groups excluding carboxylic acids is 2. The van der Waals surface area contributed by atoms with E-state index >= 15 is 0 Å². The van der Waals surface area contributed by atoms with Gasteiger partial charge in [0.1, 0.15) is 0 Å². The van der Waals surface area contributed by atoms with Crippen molar-refractivity contribution in [2.45, 2.75) is 0 Å². The number of esters is 1. The van der Waals surface area contributed by atoms with Crippen LogP contribution in [0.2, 0.25) is 0 Å². The molecule has 0 atom stereocenters. The first kappa shape index (κ1) is 20.2. The van der Waals surface area contributed by atoms with Gasteiger partial charge in [0.2, 0.25) is 0 Å². The number of fused-ring (bicyclic) bond motifs is 1. The van der Waals surface area contributed by atoms with Gasteiger partial charge in [-0.3, -0.25) is 14.9 Å². The molecular formula is C22H15N3O5S. The molecule has 0 bridgehead atoms. The van der Waals surface area contributed by atoms with E-state index in [1.807, 2.05) is 23.6 Å². The number of anilines is 1. The summed E-state index contributed by atoms with van der Waals surface area (Å²) < 4.78 is 5.21. The quantitative estimate of drug-likeness (QED) is 0.269. The van der Waals surface area contributed by atoms with Crippen LogP contribution in [0, 0.1) is 10.1 Å². The van der Waals surface area contributed by atoms with Crippen LogP contribution in [0.5, 0.6) is 0 Å². The SMILES string of the molecule is O=C(COC(=O)c1cc(-c2cccs2)nc2ccccc12)Nc1cccc([N+](=O)[O-])c1. The number of para-hydroxylation sites is 1. The summed E-state index contributed by atoms with van der Waals surface area (Å²) in [5, 5.41) is 15.9. The highest BCUT2D eigenvalue weighted by Gasteiger charge is 2.17. The van der Waals surface area contributed by atoms with Crippen molar-refractivity contribution in [2.75, 3.05) is 11.9 Å². The maximum Gasteiger partial charge on any atom is 0.339 e. The monoisotopic (exact) mass is 433 g/mol. The van der Waals surface area contributed by atoms with Crippen LogP contribution in [-0.4, -0.2) is 28.4 Å². The zero-order chi connectivity index (χ0) is 21.8. The second-order valence-corrected chi connectivity index (χ2v) is 7.43. The third-order valence-electron chi connectivity index (χ3n) is 4.38. The third kappa shape index (κ3) is 4.57. The molecule has 0 spiro atoms. The molecule has 0 radical (unpaired) electrons. The van der Waals surface area contributed by atoms with E-state index < -0.39 is 23.4 Å². The number of carbonyl (C=O) groups is 2. The molecule has 1 amide bonds. The van der Waals surface area contributed by atoms with Gasteiger partial charge in [0.15, 0.2) is 6.61 Å². The van der Waals surface area contributed by atoms with Crippen LogP contribution in [0.15, 0.2) is 72.1 Å². The Labute approximate surface area is 180 Å². The van der Waals surface area contributed by atoms with Crippen molar-refractivity contribution in [3.8, 4) is 10.6 Å². The van der Waals surface area contributed by atoms with Gasteiger partial charge in [-0.15, -0.1) is 11.3 Å². The molecule has 2 heterocycles. The van der Waals surface area contributed by atoms with Crippen LogP contribution in [-0.2, 0) is 9.53 Å². The van der Waals surface area contributed by atoms with E-state index in [1.165, 1.54) is 35.6 Å². The van der Waals surface area contributed by atoms with Crippen molar-refractivity contribution >= 4 is 45.5 Å². The van der Waals surface area contributed by atoms with Crippen LogP contribution in [0.25, 0.3) is 21.5 Å². The molecule has 4 aromatic rings. The average molecular weight is 433 g/mol. The largest absolute Gasteiger partial charge is 0.452 e. The molecule has 0 saturated carbocycles. The number of rotatable bonds is 6. The maximum atomic E-state index is 12.8. The van der Waals surface area contributed by atoms with Crippen molar-refractivity contribution in [1.82, 2.24) is 4.98 Å². The molecule has 2 aromatic heterocycles. The number of hydrogen-bond donors (Lipinski definition) is 1. The number of nitrogens with one attached hydrogen (secondary N) is 1. The van der Waals surface area contributed by atoms with Gasteiger partial charge < -0.3 is 10.1 Å². The lowest BCUT2D eigenvalue weighted by atomic mass is 10.1. The molecule has 0 saturated heterocycles. The first-order valence-electron chi connectivity index (χ1n) is 9.16. The summed E-state index contributed by atoms with van der Waals surface area (Å²) in [6, 6.07) is 18.1. The van der Waals surface area contributed by atoms with E-state index in [4.69, 9.17) is 4.74 Å². The molecule has 0 aliphatic heterocycles. The van der Waals surface area contributed by atoms with Crippen molar-refractivity contribution in [1.29, 1.82) is 0 Å². The number of thiophene rings is 1. The average Bonchev–Trinajstić information content (AvgIpc) is 3.32. The molecule has 0 aliphatic rings. The molecule has 31 heavy (non-hydrogen) atoms. The van der Waals surface area contributed by atoms with Crippen LogP contribution in [0.4, 0.5) is 11.4 Å². The number of nitrogens with zero attached hydrogens (tertiary/aromatic N) is 2. The molecule has 0 fully saturated rings. The summed E-state index contributed by atoms with van der Waals surface area (Å²) in [6.07, 6.45) is 0. The van der Waals surface area contributed by atoms with E-state index in [0.717, 1.165) is 4.88 Å². The Morgan fingerprint density at radius 2 is 1.90 bits per heavy atom. The number of ether oxygens (including phenoxy) is 1. The Kier molecular flexibility index (Phi) is 5.67. The topological polar surface area (TPSA) is 111 Å². The summed E-state index contributed by atoms with van der Waals surface area (Å²) in [5.74, 6) is -1.27. The molecule has 4 rings (SSSR count). The number of non-ortho nitro benzene ring substituents is 1. The number of nitro benzene ring substituents is 1. The van der Waals surface area contributed by atoms with E-state index in [1.54, 1.807) is 24.3 Å². The fourth-order valence-corrected chi connectivity index (χ4v) is 3.68. The minimum absolute atomic E-state index is 0.154. The van der Waals surface area contributed by atoms with Gasteiger partial charge in [0.25, 0.3) is 11.6 Å². The number of amides is 1. The van der Waals surface area contributed by atoms with Crippen molar-refractivity contribution in [2.24, 2.45) is 0 Å². The summed E-state index contributed by atoms with van der Waals surface area (Å²) in [7, 11) is 0. The first-order valence-corrected chi connectivity index (χ1v) is 10.0. The summed E-state index contributed by atoms with van der Waals surface area (Å²) in [4.78, 5) is 40.7. The molecule has 1 N–H and O–H groups in total. The highest BCUT2D eigenvalue weighted by atomic mass is 32.1. The predicted molar refractivity (Wildman–Crippen MR) is 117 cm³/mol. The van der Waals surface area contributed by atoms with Gasteiger partial charge in [0.05, 0.1) is 26.6 Å². The molecule has 154 valence electrons. The lowest BCUT2D eigenvalue weighted by molar-refractivity contribution is -0.384. The van der Waals surface area contributed by atoms with E-state index in [9.17, 15) is 19.7 Å². The van der Waals surface area contributed by atoms with Gasteiger partial charge >= 0.3 is 5.97 Å². The van der Waals surface area contributed by atoms with Gasteiger partial charge in [0, 0.05) is 23.2 Å². The maximum absolute atomic E-state index is 12.8. The second-order valence-electron chi connectivity index (χ2n) is 6.48. The van der Waals surface area contributed by atoms with Crippen LogP contribution >= 0.6 is 11.3 Å². The van der Waals surface area contributed by atoms with Gasteiger partial charge in [-0.25, -0.2) is 9.78 Å². The Hall–Kier alpha value is -4.11. The van der Waals surface area contributed by atoms with E-state index in [2.05, 4.69) is 10.3 Å². The summed E-state index contributed by atoms with van der Waals surface area (Å²) in [6.45, 7) is -0.535.